The Kier molecular flexibility index (Phi) is 4.06. The summed E-state index contributed by atoms with van der Waals surface area (Å²) < 4.78 is 6.41. The molecule has 0 radical (unpaired) electrons. The molecule has 3 N–H and O–H groups in total. The van der Waals surface area contributed by atoms with Crippen molar-refractivity contribution in [2.24, 2.45) is 0 Å². The summed E-state index contributed by atoms with van der Waals surface area (Å²) in [5.41, 5.74) is -1.34. The van der Waals surface area contributed by atoms with Crippen LogP contribution in [0.1, 0.15) is 12.6 Å². The fraction of sp³-hybridized carbons (Fsp3) is 0.500. The third-order valence-electron chi connectivity index (χ3n) is 2.79. The van der Waals surface area contributed by atoms with Crippen LogP contribution in [0.4, 0.5) is 0 Å². The van der Waals surface area contributed by atoms with Gasteiger partial charge in [0.25, 0.3) is 5.56 Å². The minimum absolute atomic E-state index is 0.0626. The molecule has 0 aromatic carbocycles. The normalized spacial score (nSPS) is 26.3. The van der Waals surface area contributed by atoms with Gasteiger partial charge in [0.2, 0.25) is 0 Å². The summed E-state index contributed by atoms with van der Waals surface area (Å²) in [5, 5.41) is 28.9. The molecule has 1 aliphatic rings. The van der Waals surface area contributed by atoms with E-state index in [0.717, 1.165) is 4.57 Å². The van der Waals surface area contributed by atoms with Crippen LogP contribution in [0.15, 0.2) is 20.7 Å². The molecule has 1 aliphatic heterocycles. The van der Waals surface area contributed by atoms with Gasteiger partial charge in [-0.3, -0.25) is 14.3 Å². The topological polar surface area (TPSA) is 128 Å². The van der Waals surface area contributed by atoms with E-state index in [0.29, 0.717) is 11.8 Å². The average Bonchev–Trinajstić information content (AvgIpc) is 2.74. The Balaban J connectivity index is 2.36. The van der Waals surface area contributed by atoms with Crippen LogP contribution in [0.5, 0.6) is 0 Å². The molecule has 1 fully saturated rings. The van der Waals surface area contributed by atoms with Gasteiger partial charge in [-0.2, -0.15) is 5.26 Å². The highest BCUT2D eigenvalue weighted by Gasteiger charge is 2.35. The summed E-state index contributed by atoms with van der Waals surface area (Å²) in [6, 6.07) is 0. The second kappa shape index (κ2) is 5.58. The van der Waals surface area contributed by atoms with Gasteiger partial charge in [0, 0.05) is 12.6 Å². The minimum Gasteiger partial charge on any atom is -0.394 e. The maximum absolute atomic E-state index is 11.7. The van der Waals surface area contributed by atoms with E-state index < -0.39 is 29.7 Å². The number of thioether (sulfide) groups is 1. The Bertz CT molecular complexity index is 619. The van der Waals surface area contributed by atoms with E-state index in [1.54, 1.807) is 5.40 Å². The maximum Gasteiger partial charge on any atom is 0.330 e. The van der Waals surface area contributed by atoms with Crippen molar-refractivity contribution in [1.82, 2.24) is 9.55 Å². The van der Waals surface area contributed by atoms with Crippen LogP contribution in [0.2, 0.25) is 0 Å². The van der Waals surface area contributed by atoms with Gasteiger partial charge < -0.3 is 14.9 Å². The average molecular weight is 285 g/mol. The zero-order valence-electron chi connectivity index (χ0n) is 9.65. The van der Waals surface area contributed by atoms with Gasteiger partial charge >= 0.3 is 5.69 Å². The number of hydrogen-bond donors (Lipinski definition) is 3. The van der Waals surface area contributed by atoms with E-state index in [1.165, 1.54) is 6.20 Å². The first-order valence-electron chi connectivity index (χ1n) is 5.42. The fourth-order valence-corrected chi connectivity index (χ4v) is 2.26. The quantitative estimate of drug-likeness (QED) is 0.467. The number of rotatable bonds is 3. The standard InChI is InChI=1S/C10H11N3O5S/c11-4-19-7-2-13(10(17)12-9(7)16)8-1-5(15)6(3-14)18-8/h2,5-6,8,14-15H,1,3H2,(H,12,16,17)/t5?,6-,8-/m0/s1. The number of nitrogens with zero attached hydrogens (tertiary/aromatic N) is 2. The molecule has 0 amide bonds. The Hall–Kier alpha value is -1.60. The molecule has 0 spiro atoms. The summed E-state index contributed by atoms with van der Waals surface area (Å²) in [7, 11) is 0. The predicted octanol–water partition coefficient (Wildman–Crippen LogP) is -1.25. The van der Waals surface area contributed by atoms with E-state index in [2.05, 4.69) is 4.98 Å². The molecule has 0 saturated carbocycles. The number of aromatic amines is 1. The molecule has 19 heavy (non-hydrogen) atoms. The first-order chi connectivity index (χ1) is 9.06. The summed E-state index contributed by atoms with van der Waals surface area (Å²) >= 11 is 0.626. The third kappa shape index (κ3) is 2.71. The smallest absolute Gasteiger partial charge is 0.330 e. The maximum atomic E-state index is 11.7. The summed E-state index contributed by atoms with van der Waals surface area (Å²) in [5.74, 6) is 0. The van der Waals surface area contributed by atoms with E-state index in [4.69, 9.17) is 15.1 Å². The Morgan fingerprint density at radius 2 is 2.37 bits per heavy atom. The number of nitrogens with one attached hydrogen (secondary N) is 1. The number of aliphatic hydroxyl groups is 2. The van der Waals surface area contributed by atoms with Gasteiger partial charge in [0.05, 0.1) is 12.7 Å². The van der Waals surface area contributed by atoms with Crippen LogP contribution in [-0.2, 0) is 4.74 Å². The monoisotopic (exact) mass is 285 g/mol. The van der Waals surface area contributed by atoms with E-state index >= 15 is 0 Å². The number of nitriles is 1. The number of ether oxygens (including phenoxy) is 1. The van der Waals surface area contributed by atoms with Gasteiger partial charge in [-0.1, -0.05) is 0 Å². The molecule has 8 nitrogen and oxygen atoms in total. The highest BCUT2D eigenvalue weighted by atomic mass is 32.2. The molecule has 1 aromatic rings. The first kappa shape index (κ1) is 13.8. The predicted molar refractivity (Wildman–Crippen MR) is 64.4 cm³/mol. The molecule has 1 aromatic heterocycles. The van der Waals surface area contributed by atoms with Gasteiger partial charge in [0.1, 0.15) is 22.6 Å². The molecule has 0 bridgehead atoms. The van der Waals surface area contributed by atoms with Crippen molar-refractivity contribution < 1.29 is 14.9 Å². The Labute approximate surface area is 111 Å². The number of aliphatic hydroxyl groups excluding tert-OH is 2. The molecular weight excluding hydrogens is 274 g/mol. The fourth-order valence-electron chi connectivity index (χ4n) is 1.85. The lowest BCUT2D eigenvalue weighted by atomic mass is 10.2. The molecule has 102 valence electrons. The van der Waals surface area contributed by atoms with Crippen LogP contribution >= 0.6 is 11.8 Å². The molecule has 0 aliphatic carbocycles. The Morgan fingerprint density at radius 1 is 1.63 bits per heavy atom. The van der Waals surface area contributed by atoms with Crippen LogP contribution in [0, 0.1) is 10.7 Å². The first-order valence-corrected chi connectivity index (χ1v) is 6.24. The minimum atomic E-state index is -0.888. The zero-order chi connectivity index (χ0) is 14.0. The van der Waals surface area contributed by atoms with E-state index in [9.17, 15) is 14.7 Å². The highest BCUT2D eigenvalue weighted by molar-refractivity contribution is 8.03. The molecular formula is C10H11N3O5S. The van der Waals surface area contributed by atoms with Gasteiger partial charge in [-0.25, -0.2) is 4.79 Å². The van der Waals surface area contributed by atoms with Crippen LogP contribution in [0.25, 0.3) is 0 Å². The number of H-pyrrole nitrogens is 1. The molecule has 1 saturated heterocycles. The van der Waals surface area contributed by atoms with Crippen molar-refractivity contribution in [1.29, 1.82) is 5.26 Å². The summed E-state index contributed by atoms with van der Waals surface area (Å²) in [6.45, 7) is -0.366. The Morgan fingerprint density at radius 3 is 2.95 bits per heavy atom. The summed E-state index contributed by atoms with van der Waals surface area (Å²) in [4.78, 5) is 25.2. The second-order valence-corrected chi connectivity index (χ2v) is 4.79. The SMILES string of the molecule is N#CSc1cn([C@@H]2CC(O)[C@H](CO)O2)c(=O)[nH]c1=O. The molecule has 2 rings (SSSR count). The second-order valence-electron chi connectivity index (χ2n) is 3.97. The lowest BCUT2D eigenvalue weighted by molar-refractivity contribution is -0.0461. The van der Waals surface area contributed by atoms with Crippen molar-refractivity contribution >= 4 is 11.8 Å². The van der Waals surface area contributed by atoms with Gasteiger partial charge in [-0.05, 0) is 11.8 Å². The van der Waals surface area contributed by atoms with Crippen LogP contribution in [-0.4, -0.2) is 38.6 Å². The van der Waals surface area contributed by atoms with E-state index in [-0.39, 0.29) is 17.9 Å². The summed E-state index contributed by atoms with van der Waals surface area (Å²) in [6.07, 6.45) is -1.11. The lowest BCUT2D eigenvalue weighted by Crippen LogP contribution is -2.33. The van der Waals surface area contributed by atoms with E-state index in [1.807, 2.05) is 0 Å². The number of aromatic nitrogens is 2. The van der Waals surface area contributed by atoms with Gasteiger partial charge in [0.15, 0.2) is 0 Å². The lowest BCUT2D eigenvalue weighted by Gasteiger charge is -2.14. The zero-order valence-corrected chi connectivity index (χ0v) is 10.5. The van der Waals surface area contributed by atoms with Crippen molar-refractivity contribution in [3.8, 4) is 5.40 Å². The number of thiocyanates is 1. The van der Waals surface area contributed by atoms with Gasteiger partial charge in [-0.15, -0.1) is 0 Å². The molecule has 3 atom stereocenters. The molecule has 2 heterocycles. The van der Waals surface area contributed by atoms with Crippen LogP contribution < -0.4 is 11.2 Å². The third-order valence-corrected chi connectivity index (χ3v) is 3.39. The van der Waals surface area contributed by atoms with Crippen LogP contribution in [0.3, 0.4) is 0 Å². The highest BCUT2D eigenvalue weighted by Crippen LogP contribution is 2.27. The van der Waals surface area contributed by atoms with Crippen molar-refractivity contribution in [2.45, 2.75) is 29.8 Å². The largest absolute Gasteiger partial charge is 0.394 e. The van der Waals surface area contributed by atoms with Crippen molar-refractivity contribution in [2.75, 3.05) is 6.61 Å². The van der Waals surface area contributed by atoms with Crippen molar-refractivity contribution in [3.05, 3.63) is 27.0 Å². The van der Waals surface area contributed by atoms with Crippen molar-refractivity contribution in [3.63, 3.8) is 0 Å². The number of hydrogen-bond acceptors (Lipinski definition) is 7. The molecule has 1 unspecified atom stereocenters. The molecule has 9 heteroatoms.